The third kappa shape index (κ3) is 5.53. The standard InChI is InChI=1S/C20H18F3N3O3S/c1-2-29-13-9-7-12(8-10-13)24-19-26-18(28)16(30-19)11-17(27)25-15-6-4-3-5-14(15)20(21,22)23/h3-10,16H,2,11H2,1H3,(H,25,27)(H,24,26,28). The number of hydrogen-bond acceptors (Lipinski definition) is 5. The molecule has 0 saturated carbocycles. The minimum atomic E-state index is -4.60. The van der Waals surface area contributed by atoms with Gasteiger partial charge in [0.1, 0.15) is 11.0 Å². The van der Waals surface area contributed by atoms with E-state index in [4.69, 9.17) is 4.74 Å². The fourth-order valence-electron chi connectivity index (χ4n) is 2.70. The molecule has 2 aromatic rings. The number of carbonyl (C=O) groups excluding carboxylic acids is 2. The second-order valence-corrected chi connectivity index (χ2v) is 7.43. The molecule has 1 aliphatic heterocycles. The molecule has 30 heavy (non-hydrogen) atoms. The van der Waals surface area contributed by atoms with Gasteiger partial charge in [-0.25, -0.2) is 4.99 Å². The van der Waals surface area contributed by atoms with Crippen molar-refractivity contribution in [2.24, 2.45) is 4.99 Å². The summed E-state index contributed by atoms with van der Waals surface area (Å²) in [6, 6.07) is 11.6. The number of benzene rings is 2. The van der Waals surface area contributed by atoms with Crippen molar-refractivity contribution in [1.82, 2.24) is 5.32 Å². The fourth-order valence-corrected chi connectivity index (χ4v) is 3.69. The van der Waals surface area contributed by atoms with Crippen molar-refractivity contribution in [3.05, 3.63) is 54.1 Å². The predicted octanol–water partition coefficient (Wildman–Crippen LogP) is 4.35. The highest BCUT2D eigenvalue weighted by molar-refractivity contribution is 8.15. The van der Waals surface area contributed by atoms with Gasteiger partial charge in [-0.15, -0.1) is 0 Å². The molecule has 158 valence electrons. The van der Waals surface area contributed by atoms with Crippen LogP contribution in [0.1, 0.15) is 18.9 Å². The Hall–Kier alpha value is -3.01. The molecule has 0 bridgehead atoms. The number of amides is 2. The van der Waals surface area contributed by atoms with Gasteiger partial charge in [-0.3, -0.25) is 9.59 Å². The summed E-state index contributed by atoms with van der Waals surface area (Å²) in [4.78, 5) is 28.7. The molecule has 1 saturated heterocycles. The lowest BCUT2D eigenvalue weighted by atomic mass is 10.1. The predicted molar refractivity (Wildman–Crippen MR) is 109 cm³/mol. The van der Waals surface area contributed by atoms with Crippen LogP contribution >= 0.6 is 11.8 Å². The van der Waals surface area contributed by atoms with Gasteiger partial charge in [-0.2, -0.15) is 13.2 Å². The number of rotatable bonds is 6. The number of thioether (sulfide) groups is 1. The van der Waals surface area contributed by atoms with Crippen LogP contribution in [0.2, 0.25) is 0 Å². The normalized spacial score (nSPS) is 17.7. The Morgan fingerprint density at radius 3 is 2.57 bits per heavy atom. The van der Waals surface area contributed by atoms with Gasteiger partial charge in [0.2, 0.25) is 11.8 Å². The van der Waals surface area contributed by atoms with Crippen LogP contribution in [0, 0.1) is 0 Å². The number of aliphatic imine (C=N–C) groups is 1. The Morgan fingerprint density at radius 1 is 1.20 bits per heavy atom. The number of nitrogens with zero attached hydrogens (tertiary/aromatic N) is 1. The van der Waals surface area contributed by atoms with Crippen LogP contribution < -0.4 is 15.4 Å². The molecule has 2 amide bonds. The van der Waals surface area contributed by atoms with Gasteiger partial charge in [-0.05, 0) is 43.3 Å². The fraction of sp³-hybridized carbons (Fsp3) is 0.250. The first kappa shape index (κ1) is 21.7. The average Bonchev–Trinajstić information content (AvgIpc) is 3.02. The number of halogens is 3. The summed E-state index contributed by atoms with van der Waals surface area (Å²) >= 11 is 1.05. The smallest absolute Gasteiger partial charge is 0.418 e. The third-order valence-corrected chi connectivity index (χ3v) is 5.11. The number of hydrogen-bond donors (Lipinski definition) is 2. The lowest BCUT2D eigenvalue weighted by molar-refractivity contribution is -0.137. The van der Waals surface area contributed by atoms with Crippen molar-refractivity contribution in [3.8, 4) is 5.75 Å². The summed E-state index contributed by atoms with van der Waals surface area (Å²) in [5.41, 5.74) is -0.702. The summed E-state index contributed by atoms with van der Waals surface area (Å²) in [7, 11) is 0. The maximum Gasteiger partial charge on any atom is 0.418 e. The zero-order chi connectivity index (χ0) is 21.7. The minimum absolute atomic E-state index is 0.287. The van der Waals surface area contributed by atoms with Crippen molar-refractivity contribution in [2.75, 3.05) is 11.9 Å². The SMILES string of the molecule is CCOc1ccc(N=C2NC(=O)C(CC(=O)Nc3ccccc3C(F)(F)F)S2)cc1. The zero-order valence-corrected chi connectivity index (χ0v) is 16.6. The molecule has 3 rings (SSSR count). The Bertz CT molecular complexity index is 962. The summed E-state index contributed by atoms with van der Waals surface area (Å²) < 4.78 is 44.5. The monoisotopic (exact) mass is 437 g/mol. The van der Waals surface area contributed by atoms with E-state index in [-0.39, 0.29) is 12.1 Å². The second-order valence-electron chi connectivity index (χ2n) is 6.24. The maximum absolute atomic E-state index is 13.0. The van der Waals surface area contributed by atoms with Gasteiger partial charge >= 0.3 is 6.18 Å². The quantitative estimate of drug-likeness (QED) is 0.704. The first-order chi connectivity index (χ1) is 14.3. The third-order valence-electron chi connectivity index (χ3n) is 4.03. The lowest BCUT2D eigenvalue weighted by Gasteiger charge is -2.14. The summed E-state index contributed by atoms with van der Waals surface area (Å²) in [6.45, 7) is 2.41. The van der Waals surface area contributed by atoms with Crippen LogP contribution in [0.15, 0.2) is 53.5 Å². The Kier molecular flexibility index (Phi) is 6.66. The number of nitrogens with one attached hydrogen (secondary N) is 2. The molecular weight excluding hydrogens is 419 g/mol. The van der Waals surface area contributed by atoms with E-state index in [0.29, 0.717) is 23.2 Å². The van der Waals surface area contributed by atoms with E-state index in [1.807, 2.05) is 6.92 Å². The molecule has 0 aromatic heterocycles. The molecule has 1 atom stereocenters. The molecule has 0 radical (unpaired) electrons. The average molecular weight is 437 g/mol. The number of amidine groups is 1. The number of alkyl halides is 3. The van der Waals surface area contributed by atoms with Crippen LogP contribution in [0.25, 0.3) is 0 Å². The molecule has 0 aliphatic carbocycles. The molecule has 1 unspecified atom stereocenters. The molecule has 1 aliphatic rings. The highest BCUT2D eigenvalue weighted by Gasteiger charge is 2.35. The molecule has 1 heterocycles. The molecule has 10 heteroatoms. The number of carbonyl (C=O) groups is 2. The van der Waals surface area contributed by atoms with Gasteiger partial charge in [0, 0.05) is 6.42 Å². The Morgan fingerprint density at radius 2 is 1.90 bits per heavy atom. The van der Waals surface area contributed by atoms with Crippen LogP contribution in [0.3, 0.4) is 0 Å². The van der Waals surface area contributed by atoms with E-state index < -0.39 is 28.8 Å². The van der Waals surface area contributed by atoms with E-state index >= 15 is 0 Å². The topological polar surface area (TPSA) is 79.8 Å². The van der Waals surface area contributed by atoms with Gasteiger partial charge in [0.25, 0.3) is 0 Å². The van der Waals surface area contributed by atoms with Crippen molar-refractivity contribution in [3.63, 3.8) is 0 Å². The van der Waals surface area contributed by atoms with E-state index in [0.717, 1.165) is 17.8 Å². The lowest BCUT2D eigenvalue weighted by Crippen LogP contribution is -2.28. The van der Waals surface area contributed by atoms with Gasteiger partial charge in [0.05, 0.1) is 23.5 Å². The Balaban J connectivity index is 1.63. The van der Waals surface area contributed by atoms with Gasteiger partial charge in [-0.1, -0.05) is 23.9 Å². The van der Waals surface area contributed by atoms with Crippen LogP contribution in [-0.4, -0.2) is 28.8 Å². The number of para-hydroxylation sites is 1. The van der Waals surface area contributed by atoms with E-state index in [1.54, 1.807) is 24.3 Å². The zero-order valence-electron chi connectivity index (χ0n) is 15.8. The van der Waals surface area contributed by atoms with Crippen molar-refractivity contribution in [2.45, 2.75) is 24.8 Å². The minimum Gasteiger partial charge on any atom is -0.494 e. The van der Waals surface area contributed by atoms with E-state index in [9.17, 15) is 22.8 Å². The van der Waals surface area contributed by atoms with Gasteiger partial charge < -0.3 is 15.4 Å². The molecule has 1 fully saturated rings. The van der Waals surface area contributed by atoms with Crippen LogP contribution in [0.4, 0.5) is 24.5 Å². The summed E-state index contributed by atoms with van der Waals surface area (Å²) in [6.07, 6.45) is -4.88. The first-order valence-corrected chi connectivity index (χ1v) is 9.89. The van der Waals surface area contributed by atoms with Crippen molar-refractivity contribution < 1.29 is 27.5 Å². The maximum atomic E-state index is 13.0. The largest absolute Gasteiger partial charge is 0.494 e. The number of ether oxygens (including phenoxy) is 1. The highest BCUT2D eigenvalue weighted by atomic mass is 32.2. The first-order valence-electron chi connectivity index (χ1n) is 9.01. The Labute approximate surface area is 174 Å². The van der Waals surface area contributed by atoms with Crippen molar-refractivity contribution >= 4 is 40.1 Å². The van der Waals surface area contributed by atoms with Crippen LogP contribution in [-0.2, 0) is 15.8 Å². The van der Waals surface area contributed by atoms with Crippen LogP contribution in [0.5, 0.6) is 5.75 Å². The van der Waals surface area contributed by atoms with Gasteiger partial charge in [0.15, 0.2) is 5.17 Å². The molecule has 2 aromatic carbocycles. The number of anilines is 1. The molecule has 6 nitrogen and oxygen atoms in total. The van der Waals surface area contributed by atoms with E-state index in [1.165, 1.54) is 18.2 Å². The van der Waals surface area contributed by atoms with E-state index in [2.05, 4.69) is 15.6 Å². The molecule has 0 spiro atoms. The highest BCUT2D eigenvalue weighted by Crippen LogP contribution is 2.35. The van der Waals surface area contributed by atoms with Crippen molar-refractivity contribution in [1.29, 1.82) is 0 Å². The molecular formula is C20H18F3N3O3S. The summed E-state index contributed by atoms with van der Waals surface area (Å²) in [5, 5.41) is 4.35. The molecule has 2 N–H and O–H groups in total. The summed E-state index contributed by atoms with van der Waals surface area (Å²) in [5.74, 6) is -0.427. The second kappa shape index (κ2) is 9.21.